The Morgan fingerprint density at radius 3 is 2.60 bits per heavy atom. The molecule has 9 nitrogen and oxygen atoms in total. The number of nitrogens with one attached hydrogen (secondary N) is 1. The number of imidazole rings is 1. The van der Waals surface area contributed by atoms with Gasteiger partial charge in [0, 0.05) is 24.8 Å². The molecule has 0 radical (unpaired) electrons. The van der Waals surface area contributed by atoms with Crippen LogP contribution in [0.5, 0.6) is 0 Å². The molecule has 0 aromatic carbocycles. The molecule has 0 aliphatic carbocycles. The van der Waals surface area contributed by atoms with Gasteiger partial charge in [-0.05, 0) is 0 Å². The fraction of sp³-hybridized carbons (Fsp3) is 0.667. The summed E-state index contributed by atoms with van der Waals surface area (Å²) in [7, 11) is -3.77. The number of aromatic nitrogens is 4. The van der Waals surface area contributed by atoms with Gasteiger partial charge in [-0.25, -0.2) is 13.4 Å². The minimum Gasteiger partial charge on any atom is -0.379 e. The highest BCUT2D eigenvalue weighted by Gasteiger charge is 2.47. The van der Waals surface area contributed by atoms with Gasteiger partial charge in [-0.3, -0.25) is 0 Å². The van der Waals surface area contributed by atoms with Crippen molar-refractivity contribution < 1.29 is 18.0 Å². The predicted molar refractivity (Wildman–Crippen MR) is 88.3 cm³/mol. The largest absolute Gasteiger partial charge is 0.379 e. The average Bonchev–Trinajstić information content (AvgIpc) is 3.26. The van der Waals surface area contributed by atoms with Crippen molar-refractivity contribution in [3.63, 3.8) is 0 Å². The van der Waals surface area contributed by atoms with Gasteiger partial charge in [0.1, 0.15) is 5.82 Å². The summed E-state index contributed by atoms with van der Waals surface area (Å²) in [5.74, 6) is 1.29. The van der Waals surface area contributed by atoms with E-state index in [1.807, 2.05) is 27.7 Å². The van der Waals surface area contributed by atoms with Crippen LogP contribution in [0.3, 0.4) is 0 Å². The molecule has 1 saturated heterocycles. The van der Waals surface area contributed by atoms with E-state index in [0.717, 1.165) is 0 Å². The van der Waals surface area contributed by atoms with Gasteiger partial charge < -0.3 is 14.6 Å². The number of H-pyrrole nitrogens is 1. The Morgan fingerprint density at radius 1 is 1.32 bits per heavy atom. The molecule has 138 valence electrons. The summed E-state index contributed by atoms with van der Waals surface area (Å²) in [5, 5.41) is 14.7. The van der Waals surface area contributed by atoms with Crippen LogP contribution in [0.15, 0.2) is 15.7 Å². The molecule has 1 aliphatic heterocycles. The normalized spacial score (nSPS) is 22.4. The van der Waals surface area contributed by atoms with Crippen molar-refractivity contribution in [2.45, 2.75) is 56.6 Å². The lowest BCUT2D eigenvalue weighted by atomic mass is 10.0. The number of nitrogens with zero attached hydrogens (tertiary/aromatic N) is 4. The molecule has 1 aliphatic rings. The molecule has 0 saturated carbocycles. The van der Waals surface area contributed by atoms with Crippen LogP contribution < -0.4 is 0 Å². The molecule has 2 N–H and O–H groups in total. The fourth-order valence-corrected chi connectivity index (χ4v) is 4.09. The van der Waals surface area contributed by atoms with Gasteiger partial charge in [-0.1, -0.05) is 32.9 Å². The highest BCUT2D eigenvalue weighted by molar-refractivity contribution is 7.89. The topological polar surface area (TPSA) is 125 Å². The maximum Gasteiger partial charge on any atom is 0.260 e. The second-order valence-corrected chi connectivity index (χ2v) is 8.93. The highest BCUT2D eigenvalue weighted by Crippen LogP contribution is 2.34. The molecule has 0 bridgehead atoms. The first-order valence-corrected chi connectivity index (χ1v) is 9.69. The van der Waals surface area contributed by atoms with E-state index in [1.165, 1.54) is 10.5 Å². The van der Waals surface area contributed by atoms with Gasteiger partial charge in [-0.2, -0.15) is 9.29 Å². The summed E-state index contributed by atoms with van der Waals surface area (Å²) in [4.78, 5) is 11.2. The second-order valence-electron chi connectivity index (χ2n) is 7.02. The van der Waals surface area contributed by atoms with Gasteiger partial charge in [-0.15, -0.1) is 0 Å². The zero-order valence-corrected chi connectivity index (χ0v) is 15.5. The van der Waals surface area contributed by atoms with E-state index in [9.17, 15) is 13.5 Å². The fourth-order valence-electron chi connectivity index (χ4n) is 2.68. The lowest BCUT2D eigenvalue weighted by Gasteiger charge is -2.19. The van der Waals surface area contributed by atoms with Crippen molar-refractivity contribution >= 4 is 10.0 Å². The van der Waals surface area contributed by atoms with Gasteiger partial charge in [0.05, 0.1) is 12.7 Å². The number of aliphatic hydroxyl groups is 1. The van der Waals surface area contributed by atoms with Crippen LogP contribution >= 0.6 is 0 Å². The van der Waals surface area contributed by atoms with Crippen molar-refractivity contribution in [1.82, 2.24) is 24.4 Å². The Balaban J connectivity index is 1.82. The summed E-state index contributed by atoms with van der Waals surface area (Å²) < 4.78 is 31.9. The number of hydrogen-bond acceptors (Lipinski definition) is 7. The number of hydrogen-bond donors (Lipinski definition) is 2. The maximum atomic E-state index is 12.8. The van der Waals surface area contributed by atoms with E-state index in [4.69, 9.17) is 4.52 Å². The number of aromatic amines is 1. The Kier molecular flexibility index (Phi) is 4.46. The average molecular weight is 369 g/mol. The van der Waals surface area contributed by atoms with Crippen molar-refractivity contribution in [2.75, 3.05) is 13.1 Å². The van der Waals surface area contributed by atoms with Crippen molar-refractivity contribution in [3.8, 4) is 0 Å². The molecule has 1 atom stereocenters. The summed E-state index contributed by atoms with van der Waals surface area (Å²) in [6.45, 7) is 7.69. The maximum absolute atomic E-state index is 12.8. The molecule has 0 amide bonds. The summed E-state index contributed by atoms with van der Waals surface area (Å²) >= 11 is 0. The molecule has 2 aromatic heterocycles. The molecule has 1 fully saturated rings. The van der Waals surface area contributed by atoms with E-state index in [2.05, 4.69) is 20.1 Å². The van der Waals surface area contributed by atoms with Gasteiger partial charge in [0.15, 0.2) is 16.5 Å². The Morgan fingerprint density at radius 2 is 2.04 bits per heavy atom. The van der Waals surface area contributed by atoms with Crippen molar-refractivity contribution in [2.24, 2.45) is 0 Å². The molecule has 0 unspecified atom stereocenters. The molecule has 10 heteroatoms. The number of sulfonamides is 1. The van der Waals surface area contributed by atoms with Crippen molar-refractivity contribution in [3.05, 3.63) is 23.7 Å². The standard InChI is InChI=1S/C15H23N5O4S/c1-9(2)12-16-7-11(17-12)25(22,23)20-6-5-15(21,8-20)14-18-13(10(3)4)19-24-14/h7,9-10,21H,5-6,8H2,1-4H3,(H,16,17)/t15-/m0/s1. The molecule has 3 heterocycles. The number of β-amino-alcohol motifs (C(OH)–C–C–N with tert-alkyl or cyclic N) is 1. The minimum atomic E-state index is -3.77. The Bertz CT molecular complexity index is 857. The minimum absolute atomic E-state index is 0.0221. The third-order valence-electron chi connectivity index (χ3n) is 4.31. The van der Waals surface area contributed by atoms with E-state index < -0.39 is 15.6 Å². The molecule has 0 spiro atoms. The quantitative estimate of drug-likeness (QED) is 0.814. The van der Waals surface area contributed by atoms with Gasteiger partial charge in [0.25, 0.3) is 15.9 Å². The summed E-state index contributed by atoms with van der Waals surface area (Å²) in [5.41, 5.74) is -1.48. The first kappa shape index (κ1) is 18.0. The highest BCUT2D eigenvalue weighted by atomic mass is 32.2. The lowest BCUT2D eigenvalue weighted by molar-refractivity contribution is 0.0194. The van der Waals surface area contributed by atoms with Gasteiger partial charge in [0.2, 0.25) is 0 Å². The van der Waals surface area contributed by atoms with Crippen LogP contribution in [0.25, 0.3) is 0 Å². The summed E-state index contributed by atoms with van der Waals surface area (Å²) in [6.07, 6.45) is 1.50. The van der Waals surface area contributed by atoms with Crippen LogP contribution in [0, 0.1) is 0 Å². The van der Waals surface area contributed by atoms with E-state index in [0.29, 0.717) is 11.6 Å². The third kappa shape index (κ3) is 3.21. The monoisotopic (exact) mass is 369 g/mol. The smallest absolute Gasteiger partial charge is 0.260 e. The Hall–Kier alpha value is -1.78. The van der Waals surface area contributed by atoms with Crippen LogP contribution in [0.1, 0.15) is 63.5 Å². The predicted octanol–water partition coefficient (Wildman–Crippen LogP) is 1.32. The second kappa shape index (κ2) is 6.19. The zero-order valence-electron chi connectivity index (χ0n) is 14.7. The number of rotatable bonds is 5. The van der Waals surface area contributed by atoms with Gasteiger partial charge >= 0.3 is 0 Å². The molecular formula is C15H23N5O4S. The SMILES string of the molecule is CC(C)c1noc([C@]2(O)CCN(S(=O)(=O)c3cnc(C(C)C)[nH]3)C2)n1. The molecule has 3 rings (SSSR count). The Labute approximate surface area is 146 Å². The zero-order chi connectivity index (χ0) is 18.4. The van der Waals surface area contributed by atoms with Crippen LogP contribution in [-0.2, 0) is 15.6 Å². The summed E-state index contributed by atoms with van der Waals surface area (Å²) in [6, 6.07) is 0. The van der Waals surface area contributed by atoms with E-state index in [-0.39, 0.29) is 42.3 Å². The van der Waals surface area contributed by atoms with Crippen LogP contribution in [-0.4, -0.2) is 51.0 Å². The van der Waals surface area contributed by atoms with E-state index in [1.54, 1.807) is 0 Å². The first-order chi connectivity index (χ1) is 11.6. The van der Waals surface area contributed by atoms with Crippen LogP contribution in [0.4, 0.5) is 0 Å². The van der Waals surface area contributed by atoms with Crippen LogP contribution in [0.2, 0.25) is 0 Å². The lowest BCUT2D eigenvalue weighted by Crippen LogP contribution is -2.34. The van der Waals surface area contributed by atoms with E-state index >= 15 is 0 Å². The molecule has 2 aromatic rings. The first-order valence-electron chi connectivity index (χ1n) is 8.25. The molecule has 25 heavy (non-hydrogen) atoms. The third-order valence-corrected chi connectivity index (χ3v) is 6.06. The van der Waals surface area contributed by atoms with Crippen molar-refractivity contribution in [1.29, 1.82) is 0 Å². The molecular weight excluding hydrogens is 346 g/mol.